The van der Waals surface area contributed by atoms with Crippen molar-refractivity contribution < 1.29 is 9.59 Å². The molecule has 2 amide bonds. The van der Waals surface area contributed by atoms with Crippen molar-refractivity contribution in [3.05, 3.63) is 59.2 Å². The van der Waals surface area contributed by atoms with Gasteiger partial charge in [-0.15, -0.1) is 0 Å². The van der Waals surface area contributed by atoms with E-state index in [1.165, 1.54) is 5.56 Å². The van der Waals surface area contributed by atoms with E-state index < -0.39 is 0 Å². The van der Waals surface area contributed by atoms with E-state index in [2.05, 4.69) is 17.6 Å². The molecule has 0 saturated heterocycles. The fraction of sp³-hybridized carbons (Fsp3) is 0.300. The van der Waals surface area contributed by atoms with Crippen molar-refractivity contribution in [1.29, 1.82) is 0 Å². The Hall–Kier alpha value is -2.62. The lowest BCUT2D eigenvalue weighted by Crippen LogP contribution is -2.22. The van der Waals surface area contributed by atoms with Crippen LogP contribution in [0.4, 0.5) is 11.4 Å². The molecule has 2 aromatic rings. The van der Waals surface area contributed by atoms with Gasteiger partial charge < -0.3 is 10.6 Å². The standard InChI is InChI=1S/C20H24N2O2/c1-4-15-9-11-17(12-10-15)21-18(23)13-19(24)22-20-14(3)7-6-8-16(20)5-2/h6-12H,4-5,13H2,1-3H3,(H,21,23)(H,22,24). The first-order valence-corrected chi connectivity index (χ1v) is 8.30. The maximum atomic E-state index is 12.2. The van der Waals surface area contributed by atoms with Crippen LogP contribution in [0, 0.1) is 6.92 Å². The molecule has 0 unspecified atom stereocenters. The zero-order valence-corrected chi connectivity index (χ0v) is 14.5. The Morgan fingerprint density at radius 1 is 0.875 bits per heavy atom. The molecule has 0 aromatic heterocycles. The summed E-state index contributed by atoms with van der Waals surface area (Å²) in [6.45, 7) is 6.06. The van der Waals surface area contributed by atoms with Gasteiger partial charge in [0, 0.05) is 11.4 Å². The van der Waals surface area contributed by atoms with Crippen LogP contribution in [0.2, 0.25) is 0 Å². The van der Waals surface area contributed by atoms with Crippen molar-refractivity contribution in [2.75, 3.05) is 10.6 Å². The summed E-state index contributed by atoms with van der Waals surface area (Å²) in [6, 6.07) is 13.5. The summed E-state index contributed by atoms with van der Waals surface area (Å²) in [5.41, 5.74) is 4.79. The predicted molar refractivity (Wildman–Crippen MR) is 98.3 cm³/mol. The van der Waals surface area contributed by atoms with Gasteiger partial charge in [0.25, 0.3) is 0 Å². The molecule has 24 heavy (non-hydrogen) atoms. The van der Waals surface area contributed by atoms with Gasteiger partial charge in [0.2, 0.25) is 11.8 Å². The van der Waals surface area contributed by atoms with E-state index in [9.17, 15) is 9.59 Å². The van der Waals surface area contributed by atoms with Crippen LogP contribution in [-0.2, 0) is 22.4 Å². The first kappa shape index (κ1) is 17.7. The van der Waals surface area contributed by atoms with E-state index in [4.69, 9.17) is 0 Å². The molecule has 0 aliphatic heterocycles. The van der Waals surface area contributed by atoms with Gasteiger partial charge in [-0.05, 0) is 48.6 Å². The summed E-state index contributed by atoms with van der Waals surface area (Å²) in [4.78, 5) is 24.2. The number of hydrogen-bond donors (Lipinski definition) is 2. The van der Waals surface area contributed by atoms with Gasteiger partial charge in [-0.1, -0.05) is 44.2 Å². The van der Waals surface area contributed by atoms with Gasteiger partial charge in [0.05, 0.1) is 0 Å². The van der Waals surface area contributed by atoms with Crippen LogP contribution in [-0.4, -0.2) is 11.8 Å². The molecule has 0 aliphatic rings. The van der Waals surface area contributed by atoms with Crippen LogP contribution >= 0.6 is 0 Å². The van der Waals surface area contributed by atoms with E-state index >= 15 is 0 Å². The Morgan fingerprint density at radius 3 is 2.17 bits per heavy atom. The van der Waals surface area contributed by atoms with E-state index in [1.807, 2.05) is 56.3 Å². The van der Waals surface area contributed by atoms with Crippen molar-refractivity contribution in [3.8, 4) is 0 Å². The van der Waals surface area contributed by atoms with E-state index in [-0.39, 0.29) is 18.2 Å². The summed E-state index contributed by atoms with van der Waals surface area (Å²) < 4.78 is 0. The molecule has 4 heteroatoms. The second-order valence-electron chi connectivity index (χ2n) is 5.79. The smallest absolute Gasteiger partial charge is 0.233 e. The highest BCUT2D eigenvalue weighted by atomic mass is 16.2. The number of anilines is 2. The quantitative estimate of drug-likeness (QED) is 0.786. The first-order valence-electron chi connectivity index (χ1n) is 8.30. The monoisotopic (exact) mass is 324 g/mol. The predicted octanol–water partition coefficient (Wildman–Crippen LogP) is 4.09. The Balaban J connectivity index is 1.95. The van der Waals surface area contributed by atoms with Gasteiger partial charge in [0.1, 0.15) is 6.42 Å². The van der Waals surface area contributed by atoms with Crippen LogP contribution in [0.3, 0.4) is 0 Å². The highest BCUT2D eigenvalue weighted by Crippen LogP contribution is 2.21. The number of para-hydroxylation sites is 1. The number of carbonyl (C=O) groups excluding carboxylic acids is 2. The zero-order valence-electron chi connectivity index (χ0n) is 14.5. The molecule has 0 bridgehead atoms. The molecule has 4 nitrogen and oxygen atoms in total. The van der Waals surface area contributed by atoms with Crippen LogP contribution in [0.15, 0.2) is 42.5 Å². The van der Waals surface area contributed by atoms with E-state index in [0.717, 1.165) is 29.7 Å². The Kier molecular flexibility index (Phi) is 6.13. The summed E-state index contributed by atoms with van der Waals surface area (Å²) >= 11 is 0. The lowest BCUT2D eigenvalue weighted by atomic mass is 10.1. The highest BCUT2D eigenvalue weighted by molar-refractivity contribution is 6.08. The zero-order chi connectivity index (χ0) is 17.5. The van der Waals surface area contributed by atoms with Gasteiger partial charge in [0.15, 0.2) is 0 Å². The van der Waals surface area contributed by atoms with Crippen LogP contribution < -0.4 is 10.6 Å². The average molecular weight is 324 g/mol. The van der Waals surface area contributed by atoms with Crippen molar-refractivity contribution in [2.45, 2.75) is 40.0 Å². The normalized spacial score (nSPS) is 10.3. The molecule has 126 valence electrons. The van der Waals surface area contributed by atoms with Gasteiger partial charge in [-0.3, -0.25) is 9.59 Å². The van der Waals surface area contributed by atoms with Crippen LogP contribution in [0.5, 0.6) is 0 Å². The molecule has 0 saturated carbocycles. The lowest BCUT2D eigenvalue weighted by molar-refractivity contribution is -0.123. The summed E-state index contributed by atoms with van der Waals surface area (Å²) in [6.07, 6.45) is 1.58. The molecule has 2 rings (SSSR count). The number of carbonyl (C=O) groups is 2. The molecule has 2 aromatic carbocycles. The number of amides is 2. The molecule has 0 heterocycles. The lowest BCUT2D eigenvalue weighted by Gasteiger charge is -2.13. The van der Waals surface area contributed by atoms with Gasteiger partial charge >= 0.3 is 0 Å². The van der Waals surface area contributed by atoms with Crippen molar-refractivity contribution in [1.82, 2.24) is 0 Å². The second-order valence-corrected chi connectivity index (χ2v) is 5.79. The topological polar surface area (TPSA) is 58.2 Å². The van der Waals surface area contributed by atoms with Crippen molar-refractivity contribution in [3.63, 3.8) is 0 Å². The second kappa shape index (κ2) is 8.29. The molecule has 0 spiro atoms. The highest BCUT2D eigenvalue weighted by Gasteiger charge is 2.13. The number of nitrogens with one attached hydrogen (secondary N) is 2. The summed E-state index contributed by atoms with van der Waals surface area (Å²) in [7, 11) is 0. The minimum atomic E-state index is -0.316. The Bertz CT molecular complexity index is 721. The van der Waals surface area contributed by atoms with Gasteiger partial charge in [-0.2, -0.15) is 0 Å². The number of rotatable bonds is 6. The molecule has 2 N–H and O–H groups in total. The fourth-order valence-electron chi connectivity index (χ4n) is 2.56. The molecular formula is C20H24N2O2. The maximum absolute atomic E-state index is 12.2. The third kappa shape index (κ3) is 4.69. The molecule has 0 radical (unpaired) electrons. The van der Waals surface area contributed by atoms with Crippen LogP contribution in [0.1, 0.15) is 37.0 Å². The third-order valence-electron chi connectivity index (χ3n) is 3.97. The number of aryl methyl sites for hydroxylation is 3. The molecule has 0 fully saturated rings. The summed E-state index contributed by atoms with van der Waals surface area (Å²) in [5.74, 6) is -0.620. The van der Waals surface area contributed by atoms with Gasteiger partial charge in [-0.25, -0.2) is 0 Å². The molecule has 0 aliphatic carbocycles. The largest absolute Gasteiger partial charge is 0.326 e. The van der Waals surface area contributed by atoms with Crippen LogP contribution in [0.25, 0.3) is 0 Å². The SMILES string of the molecule is CCc1ccc(NC(=O)CC(=O)Nc2c(C)cccc2CC)cc1. The average Bonchev–Trinajstić information content (AvgIpc) is 2.57. The summed E-state index contributed by atoms with van der Waals surface area (Å²) in [5, 5.41) is 5.62. The number of benzene rings is 2. The van der Waals surface area contributed by atoms with Crippen molar-refractivity contribution >= 4 is 23.2 Å². The number of hydrogen-bond acceptors (Lipinski definition) is 2. The minimum absolute atomic E-state index is 0.201. The first-order chi connectivity index (χ1) is 11.5. The fourth-order valence-corrected chi connectivity index (χ4v) is 2.56. The third-order valence-corrected chi connectivity index (χ3v) is 3.97. The molecular weight excluding hydrogens is 300 g/mol. The molecule has 0 atom stereocenters. The maximum Gasteiger partial charge on any atom is 0.233 e. The Labute approximate surface area is 143 Å². The van der Waals surface area contributed by atoms with E-state index in [0.29, 0.717) is 5.69 Å². The van der Waals surface area contributed by atoms with Crippen molar-refractivity contribution in [2.24, 2.45) is 0 Å². The van der Waals surface area contributed by atoms with E-state index in [1.54, 1.807) is 0 Å². The minimum Gasteiger partial charge on any atom is -0.326 e. The Morgan fingerprint density at radius 2 is 1.54 bits per heavy atom.